The first-order valence-corrected chi connectivity index (χ1v) is 30.2. The highest BCUT2D eigenvalue weighted by atomic mass is 16.7. The first kappa shape index (κ1) is 69.1. The summed E-state index contributed by atoms with van der Waals surface area (Å²) in [6, 6.07) is 0. The fourth-order valence-corrected chi connectivity index (χ4v) is 9.51. The third-order valence-electron chi connectivity index (χ3n) is 14.4. The van der Waals surface area contributed by atoms with Crippen molar-refractivity contribution in [3.8, 4) is 0 Å². The second-order valence-electron chi connectivity index (χ2n) is 21.2. The molecule has 2 heterocycles. The number of rotatable bonds is 49. The normalized spacial score (nSPS) is 24.9. The lowest BCUT2D eigenvalue weighted by Crippen LogP contribution is -2.61. The van der Waals surface area contributed by atoms with Crippen LogP contribution in [0.15, 0.2) is 48.6 Å². The number of aliphatic hydroxyl groups excluding tert-OH is 7. The van der Waals surface area contributed by atoms with Gasteiger partial charge in [0.15, 0.2) is 12.6 Å². The Kier molecular flexibility index (Phi) is 44.1. The average molecular weight is 1070 g/mol. The van der Waals surface area contributed by atoms with E-state index in [9.17, 15) is 40.5 Å². The fraction of sp³-hybridized carbons (Fsp3) is 0.852. The molecule has 0 saturated carbocycles. The third kappa shape index (κ3) is 34.5. The van der Waals surface area contributed by atoms with Crippen LogP contribution < -0.4 is 0 Å². The number of allylic oxidation sites excluding steroid dienone is 8. The fourth-order valence-electron chi connectivity index (χ4n) is 9.51. The van der Waals surface area contributed by atoms with Crippen LogP contribution in [-0.2, 0) is 33.2 Å². The molecule has 0 amide bonds. The highest BCUT2D eigenvalue weighted by Gasteiger charge is 2.47. The van der Waals surface area contributed by atoms with Crippen molar-refractivity contribution in [1.29, 1.82) is 0 Å². The summed E-state index contributed by atoms with van der Waals surface area (Å²) in [4.78, 5) is 13.1. The number of ether oxygens (including phenoxy) is 6. The van der Waals surface area contributed by atoms with E-state index in [1.807, 2.05) is 0 Å². The van der Waals surface area contributed by atoms with Gasteiger partial charge in [-0.05, 0) is 51.4 Å². The summed E-state index contributed by atoms with van der Waals surface area (Å²) >= 11 is 0. The number of hydrogen-bond donors (Lipinski definition) is 7. The molecule has 14 heteroatoms. The molecule has 2 saturated heterocycles. The molecule has 2 fully saturated rings. The Labute approximate surface area is 454 Å². The van der Waals surface area contributed by atoms with Crippen LogP contribution in [-0.4, -0.2) is 142 Å². The maximum Gasteiger partial charge on any atom is 0.306 e. The molecule has 0 aromatic heterocycles. The minimum atomic E-state index is -1.71. The van der Waals surface area contributed by atoms with Crippen LogP contribution in [0, 0.1) is 0 Å². The van der Waals surface area contributed by atoms with E-state index in [4.69, 9.17) is 28.4 Å². The van der Waals surface area contributed by atoms with Gasteiger partial charge in [0.1, 0.15) is 54.9 Å². The van der Waals surface area contributed by atoms with Crippen LogP contribution in [0.2, 0.25) is 0 Å². The predicted molar refractivity (Wildman–Crippen MR) is 298 cm³/mol. The number of hydrogen-bond acceptors (Lipinski definition) is 14. The molecule has 11 unspecified atom stereocenters. The molecule has 0 aromatic carbocycles. The van der Waals surface area contributed by atoms with Crippen LogP contribution in [0.5, 0.6) is 0 Å². The van der Waals surface area contributed by atoms with E-state index in [0.717, 1.165) is 70.6 Å². The standard InChI is InChI=1S/C61H110O14/c1-3-5-7-9-11-13-15-17-19-21-23-24-25-26-27-28-30-32-34-36-38-40-42-44-53(63)73-50(47-70-45-43-41-39-37-35-33-31-29-22-20-18-16-14-12-10-8-6-4-2)48-71-60-59(69)57(67)55(65)52(75-60)49-72-61-58(68)56(66)54(64)51(46-62)74-61/h5,7,11,13,17,19,23-24,50-52,54-62,64-69H,3-4,6,8-10,12,14-16,18,20-22,25-49H2,1-2H3/b7-5-,13-11-,19-17-,24-23-. The van der Waals surface area contributed by atoms with E-state index < -0.39 is 80.7 Å². The van der Waals surface area contributed by atoms with Gasteiger partial charge in [0, 0.05) is 13.0 Å². The topological polar surface area (TPSA) is 214 Å². The molecule has 2 aliphatic heterocycles. The number of unbranched alkanes of at least 4 members (excludes halogenated alkanes) is 27. The highest BCUT2D eigenvalue weighted by Crippen LogP contribution is 2.27. The van der Waals surface area contributed by atoms with Crippen molar-refractivity contribution >= 4 is 5.97 Å². The zero-order valence-electron chi connectivity index (χ0n) is 47.0. The van der Waals surface area contributed by atoms with E-state index in [1.54, 1.807) is 0 Å². The summed E-state index contributed by atoms with van der Waals surface area (Å²) in [6.45, 7) is 3.61. The summed E-state index contributed by atoms with van der Waals surface area (Å²) < 4.78 is 34.4. The molecule has 2 rings (SSSR count). The highest BCUT2D eigenvalue weighted by molar-refractivity contribution is 5.69. The quantitative estimate of drug-likeness (QED) is 0.0172. The summed E-state index contributed by atoms with van der Waals surface area (Å²) in [5.41, 5.74) is 0. The summed E-state index contributed by atoms with van der Waals surface area (Å²) in [7, 11) is 0. The van der Waals surface area contributed by atoms with Crippen LogP contribution in [0.1, 0.15) is 232 Å². The molecule has 14 nitrogen and oxygen atoms in total. The Bertz CT molecular complexity index is 1420. The Morgan fingerprint density at radius 3 is 1.36 bits per heavy atom. The van der Waals surface area contributed by atoms with Gasteiger partial charge < -0.3 is 64.2 Å². The molecular formula is C61H110O14. The average Bonchev–Trinajstić information content (AvgIpc) is 3.41. The first-order chi connectivity index (χ1) is 36.6. The van der Waals surface area contributed by atoms with Gasteiger partial charge in [-0.25, -0.2) is 0 Å². The van der Waals surface area contributed by atoms with E-state index in [2.05, 4.69) is 62.5 Å². The van der Waals surface area contributed by atoms with Gasteiger partial charge in [-0.2, -0.15) is 0 Å². The lowest BCUT2D eigenvalue weighted by Gasteiger charge is -2.42. The van der Waals surface area contributed by atoms with Crippen LogP contribution in [0.4, 0.5) is 0 Å². The molecule has 0 aromatic rings. The summed E-state index contributed by atoms with van der Waals surface area (Å²) in [6.07, 6.45) is 41.7. The van der Waals surface area contributed by atoms with Gasteiger partial charge in [-0.1, -0.05) is 223 Å². The van der Waals surface area contributed by atoms with Crippen molar-refractivity contribution < 1.29 is 69.0 Å². The third-order valence-corrected chi connectivity index (χ3v) is 14.4. The molecule has 0 aliphatic carbocycles. The van der Waals surface area contributed by atoms with Gasteiger partial charge in [0.25, 0.3) is 0 Å². The van der Waals surface area contributed by atoms with Gasteiger partial charge in [0.2, 0.25) is 0 Å². The molecule has 438 valence electrons. The number of carbonyl (C=O) groups excluding carboxylic acids is 1. The van der Waals surface area contributed by atoms with Crippen molar-refractivity contribution in [2.24, 2.45) is 0 Å². The number of aliphatic hydroxyl groups is 7. The Morgan fingerprint density at radius 1 is 0.453 bits per heavy atom. The molecule has 11 atom stereocenters. The number of esters is 1. The number of carbonyl (C=O) groups is 1. The van der Waals surface area contributed by atoms with Crippen LogP contribution >= 0.6 is 0 Å². The molecule has 7 N–H and O–H groups in total. The van der Waals surface area contributed by atoms with Crippen molar-refractivity contribution in [2.75, 3.05) is 33.0 Å². The molecular weight excluding hydrogens is 957 g/mol. The lowest BCUT2D eigenvalue weighted by atomic mass is 9.98. The van der Waals surface area contributed by atoms with Crippen molar-refractivity contribution in [3.05, 3.63) is 48.6 Å². The summed E-state index contributed by atoms with van der Waals surface area (Å²) in [5, 5.41) is 72.4. The van der Waals surface area contributed by atoms with Crippen LogP contribution in [0.3, 0.4) is 0 Å². The second kappa shape index (κ2) is 47.9. The molecule has 0 bridgehead atoms. The lowest BCUT2D eigenvalue weighted by molar-refractivity contribution is -0.332. The Morgan fingerprint density at radius 2 is 0.867 bits per heavy atom. The van der Waals surface area contributed by atoms with Gasteiger partial charge in [-0.15, -0.1) is 0 Å². The van der Waals surface area contributed by atoms with E-state index in [0.29, 0.717) is 13.0 Å². The minimum absolute atomic E-state index is 0.0623. The van der Waals surface area contributed by atoms with Gasteiger partial charge in [-0.3, -0.25) is 4.79 Å². The molecule has 0 radical (unpaired) electrons. The minimum Gasteiger partial charge on any atom is -0.457 e. The molecule has 75 heavy (non-hydrogen) atoms. The van der Waals surface area contributed by atoms with Crippen molar-refractivity contribution in [2.45, 2.75) is 300 Å². The molecule has 2 aliphatic rings. The first-order valence-electron chi connectivity index (χ1n) is 30.2. The van der Waals surface area contributed by atoms with E-state index in [-0.39, 0.29) is 25.6 Å². The Hall–Kier alpha value is -2.05. The second-order valence-corrected chi connectivity index (χ2v) is 21.2. The van der Waals surface area contributed by atoms with E-state index >= 15 is 0 Å². The largest absolute Gasteiger partial charge is 0.457 e. The van der Waals surface area contributed by atoms with Crippen molar-refractivity contribution in [3.63, 3.8) is 0 Å². The predicted octanol–water partition coefficient (Wildman–Crippen LogP) is 11.1. The molecule has 0 spiro atoms. The van der Waals surface area contributed by atoms with Crippen molar-refractivity contribution in [1.82, 2.24) is 0 Å². The zero-order valence-corrected chi connectivity index (χ0v) is 47.0. The van der Waals surface area contributed by atoms with Gasteiger partial charge in [0.05, 0.1) is 26.4 Å². The van der Waals surface area contributed by atoms with Crippen LogP contribution in [0.25, 0.3) is 0 Å². The maximum absolute atomic E-state index is 13.1. The monoisotopic (exact) mass is 1070 g/mol. The maximum atomic E-state index is 13.1. The van der Waals surface area contributed by atoms with Gasteiger partial charge >= 0.3 is 5.97 Å². The SMILES string of the molecule is CC/C=C\C/C=C\C/C=C\C/C=C\CCCCCCCCCCCCC(=O)OC(COCCCCCCCCCCCCCCCCCCCC)COC1OC(COC2OC(CO)C(O)C(O)C2O)C(O)C(O)C1O. The summed E-state index contributed by atoms with van der Waals surface area (Å²) in [5.74, 6) is -0.378. The zero-order chi connectivity index (χ0) is 54.4. The van der Waals surface area contributed by atoms with E-state index in [1.165, 1.54) is 135 Å². The Balaban J connectivity index is 1.69. The smallest absolute Gasteiger partial charge is 0.306 e.